The third-order valence-electron chi connectivity index (χ3n) is 5.32. The van der Waals surface area contributed by atoms with Crippen molar-refractivity contribution in [2.45, 2.75) is 25.7 Å². The van der Waals surface area contributed by atoms with Crippen molar-refractivity contribution >= 4 is 16.8 Å². The van der Waals surface area contributed by atoms with Crippen LogP contribution >= 0.6 is 0 Å². The Morgan fingerprint density at radius 1 is 1.15 bits per heavy atom. The lowest BCUT2D eigenvalue weighted by Gasteiger charge is -2.32. The highest BCUT2D eigenvalue weighted by atomic mass is 19.1. The molecule has 0 aliphatic carbocycles. The van der Waals surface area contributed by atoms with Crippen molar-refractivity contribution in [1.29, 1.82) is 0 Å². The molecule has 1 amide bonds. The summed E-state index contributed by atoms with van der Waals surface area (Å²) in [7, 11) is 0. The number of likely N-dealkylation sites (tertiary alicyclic amines) is 1. The molecule has 1 fully saturated rings. The lowest BCUT2D eigenvalue weighted by molar-refractivity contribution is 0.0663. The predicted octanol–water partition coefficient (Wildman–Crippen LogP) is 4.79. The first-order valence-electron chi connectivity index (χ1n) is 9.30. The van der Waals surface area contributed by atoms with E-state index in [0.29, 0.717) is 11.6 Å². The Morgan fingerprint density at radius 3 is 2.77 bits per heavy atom. The molecule has 0 saturated carbocycles. The number of carbonyl (C=O) groups excluding carboxylic acids is 1. The van der Waals surface area contributed by atoms with Crippen LogP contribution in [0.1, 0.15) is 35.3 Å². The highest BCUT2D eigenvalue weighted by molar-refractivity contribution is 5.98. The summed E-state index contributed by atoms with van der Waals surface area (Å²) in [6, 6.07) is 16.6. The number of H-pyrrole nitrogens is 1. The highest BCUT2D eigenvalue weighted by Gasteiger charge is 2.25. The quantitative estimate of drug-likeness (QED) is 0.721. The zero-order valence-corrected chi connectivity index (χ0v) is 14.7. The van der Waals surface area contributed by atoms with Crippen LogP contribution in [0.2, 0.25) is 0 Å². The molecule has 3 aromatic rings. The summed E-state index contributed by atoms with van der Waals surface area (Å²) in [6.45, 7) is 1.62. The van der Waals surface area contributed by atoms with Gasteiger partial charge in [0.2, 0.25) is 0 Å². The Kier molecular flexibility index (Phi) is 4.74. The summed E-state index contributed by atoms with van der Waals surface area (Å²) in [6.07, 6.45) is 4.15. The molecular weight excluding hydrogens is 327 g/mol. The van der Waals surface area contributed by atoms with Crippen molar-refractivity contribution in [2.75, 3.05) is 13.1 Å². The fraction of sp³-hybridized carbons (Fsp3) is 0.318. The van der Waals surface area contributed by atoms with Crippen LogP contribution in [0.25, 0.3) is 10.9 Å². The number of carbonyl (C=O) groups is 1. The van der Waals surface area contributed by atoms with Gasteiger partial charge in [0.25, 0.3) is 5.91 Å². The van der Waals surface area contributed by atoms with Crippen molar-refractivity contribution in [3.05, 3.63) is 71.7 Å². The smallest absolute Gasteiger partial charge is 0.270 e. The predicted molar refractivity (Wildman–Crippen MR) is 102 cm³/mol. The molecule has 1 saturated heterocycles. The number of nitrogens with zero attached hydrogens (tertiary/aromatic N) is 1. The molecule has 1 aliphatic heterocycles. The van der Waals surface area contributed by atoms with Gasteiger partial charge in [0.05, 0.1) is 0 Å². The van der Waals surface area contributed by atoms with Gasteiger partial charge in [0, 0.05) is 24.0 Å². The molecule has 0 spiro atoms. The Balaban J connectivity index is 1.39. The van der Waals surface area contributed by atoms with Crippen molar-refractivity contribution in [3.8, 4) is 0 Å². The van der Waals surface area contributed by atoms with E-state index in [2.05, 4.69) is 4.98 Å². The minimum Gasteiger partial charge on any atom is -0.351 e. The van der Waals surface area contributed by atoms with Crippen LogP contribution in [0.4, 0.5) is 4.39 Å². The molecular formula is C22H23FN2O. The molecule has 4 rings (SSSR count). The molecule has 134 valence electrons. The number of piperidine rings is 1. The molecule has 0 radical (unpaired) electrons. The second-order valence-electron chi connectivity index (χ2n) is 7.19. The van der Waals surface area contributed by atoms with Crippen molar-refractivity contribution < 1.29 is 9.18 Å². The topological polar surface area (TPSA) is 36.1 Å². The number of aromatic amines is 1. The van der Waals surface area contributed by atoms with Gasteiger partial charge in [-0.05, 0) is 61.4 Å². The van der Waals surface area contributed by atoms with E-state index in [1.165, 1.54) is 12.1 Å². The minimum absolute atomic E-state index is 0.0904. The number of amides is 1. The first-order valence-corrected chi connectivity index (χ1v) is 9.30. The van der Waals surface area contributed by atoms with Gasteiger partial charge in [-0.2, -0.15) is 0 Å². The van der Waals surface area contributed by atoms with Gasteiger partial charge < -0.3 is 9.88 Å². The molecule has 2 heterocycles. The zero-order chi connectivity index (χ0) is 17.9. The van der Waals surface area contributed by atoms with Gasteiger partial charge in [-0.3, -0.25) is 4.79 Å². The summed E-state index contributed by atoms with van der Waals surface area (Å²) < 4.78 is 13.0. The second kappa shape index (κ2) is 7.32. The lowest BCUT2D eigenvalue weighted by atomic mass is 9.91. The van der Waals surface area contributed by atoms with Crippen molar-refractivity contribution in [1.82, 2.24) is 9.88 Å². The third-order valence-corrected chi connectivity index (χ3v) is 5.32. The van der Waals surface area contributed by atoms with E-state index in [9.17, 15) is 9.18 Å². The van der Waals surface area contributed by atoms with Gasteiger partial charge in [-0.15, -0.1) is 0 Å². The van der Waals surface area contributed by atoms with E-state index in [-0.39, 0.29) is 11.7 Å². The SMILES string of the molecule is O=C(c1cc2ccccc2[nH]1)N1CCC[C@@H](CCc2ccc(F)cc2)C1. The average molecular weight is 350 g/mol. The van der Waals surface area contributed by atoms with E-state index in [4.69, 9.17) is 0 Å². The summed E-state index contributed by atoms with van der Waals surface area (Å²) in [5.74, 6) is 0.399. The number of rotatable bonds is 4. The van der Waals surface area contributed by atoms with Crippen molar-refractivity contribution in [3.63, 3.8) is 0 Å². The fourth-order valence-corrected chi connectivity index (χ4v) is 3.87. The third kappa shape index (κ3) is 3.64. The maximum Gasteiger partial charge on any atom is 0.270 e. The number of benzene rings is 2. The van der Waals surface area contributed by atoms with Crippen LogP contribution in [0, 0.1) is 11.7 Å². The average Bonchev–Trinajstić information content (AvgIpc) is 3.11. The summed E-state index contributed by atoms with van der Waals surface area (Å²) >= 11 is 0. The first kappa shape index (κ1) is 16.8. The summed E-state index contributed by atoms with van der Waals surface area (Å²) in [4.78, 5) is 18.1. The number of hydrogen-bond acceptors (Lipinski definition) is 1. The number of aryl methyl sites for hydroxylation is 1. The molecule has 26 heavy (non-hydrogen) atoms. The van der Waals surface area contributed by atoms with E-state index in [0.717, 1.165) is 55.2 Å². The van der Waals surface area contributed by atoms with Gasteiger partial charge in [-0.25, -0.2) is 4.39 Å². The second-order valence-corrected chi connectivity index (χ2v) is 7.19. The molecule has 1 atom stereocenters. The van der Waals surface area contributed by atoms with Crippen molar-refractivity contribution in [2.24, 2.45) is 5.92 Å². The molecule has 1 aromatic heterocycles. The van der Waals surface area contributed by atoms with Gasteiger partial charge >= 0.3 is 0 Å². The van der Waals surface area contributed by atoms with E-state index in [1.807, 2.05) is 47.4 Å². The number of para-hydroxylation sites is 1. The molecule has 0 unspecified atom stereocenters. The first-order chi connectivity index (χ1) is 12.7. The summed E-state index contributed by atoms with van der Waals surface area (Å²) in [5.41, 5.74) is 2.83. The van der Waals surface area contributed by atoms with E-state index < -0.39 is 0 Å². The number of halogens is 1. The number of nitrogens with one attached hydrogen (secondary N) is 1. The Labute approximate surface area is 152 Å². The number of hydrogen-bond donors (Lipinski definition) is 1. The van der Waals surface area contributed by atoms with Crippen LogP contribution in [0.15, 0.2) is 54.6 Å². The Hall–Kier alpha value is -2.62. The Morgan fingerprint density at radius 2 is 1.96 bits per heavy atom. The molecule has 1 N–H and O–H groups in total. The van der Waals surface area contributed by atoms with Crippen LogP contribution < -0.4 is 0 Å². The molecule has 3 nitrogen and oxygen atoms in total. The summed E-state index contributed by atoms with van der Waals surface area (Å²) in [5, 5.41) is 1.07. The lowest BCUT2D eigenvalue weighted by Crippen LogP contribution is -2.40. The minimum atomic E-state index is -0.193. The number of fused-ring (bicyclic) bond motifs is 1. The zero-order valence-electron chi connectivity index (χ0n) is 14.7. The Bertz CT molecular complexity index is 867. The maximum absolute atomic E-state index is 13.0. The van der Waals surface area contributed by atoms with Crippen LogP contribution in [-0.4, -0.2) is 28.9 Å². The molecule has 4 heteroatoms. The van der Waals surface area contributed by atoms with Crippen LogP contribution in [0.5, 0.6) is 0 Å². The maximum atomic E-state index is 13.0. The van der Waals surface area contributed by atoms with Gasteiger partial charge in [0.1, 0.15) is 11.5 Å². The molecule has 0 bridgehead atoms. The molecule has 2 aromatic carbocycles. The number of aromatic nitrogens is 1. The normalized spacial score (nSPS) is 17.6. The van der Waals surface area contributed by atoms with Gasteiger partial charge in [0.15, 0.2) is 0 Å². The highest BCUT2D eigenvalue weighted by Crippen LogP contribution is 2.24. The molecule has 1 aliphatic rings. The van der Waals surface area contributed by atoms with Crippen LogP contribution in [-0.2, 0) is 6.42 Å². The van der Waals surface area contributed by atoms with E-state index >= 15 is 0 Å². The fourth-order valence-electron chi connectivity index (χ4n) is 3.87. The van der Waals surface area contributed by atoms with Gasteiger partial charge in [-0.1, -0.05) is 30.3 Å². The van der Waals surface area contributed by atoms with Crippen LogP contribution in [0.3, 0.4) is 0 Å². The van der Waals surface area contributed by atoms with E-state index in [1.54, 1.807) is 0 Å². The standard InChI is InChI=1S/C22H23FN2O/c23-19-11-9-16(10-12-19)7-8-17-4-3-13-25(15-17)22(26)21-14-18-5-1-2-6-20(18)24-21/h1-2,5-6,9-12,14,17,24H,3-4,7-8,13,15H2/t17-/m0/s1. The monoisotopic (exact) mass is 350 g/mol. The largest absolute Gasteiger partial charge is 0.351 e.